The van der Waals surface area contributed by atoms with Gasteiger partial charge in [0.1, 0.15) is 5.75 Å². The molecular formula is C16H18N4O. The van der Waals surface area contributed by atoms with Crippen LogP contribution in [0.4, 0.5) is 0 Å². The van der Waals surface area contributed by atoms with Crippen LogP contribution in [0.3, 0.4) is 0 Å². The Morgan fingerprint density at radius 3 is 2.81 bits per heavy atom. The van der Waals surface area contributed by atoms with Crippen LogP contribution in [0.25, 0.3) is 11.3 Å². The summed E-state index contributed by atoms with van der Waals surface area (Å²) in [5, 5.41) is 25.3. The fourth-order valence-corrected chi connectivity index (χ4v) is 3.36. The number of hydrogen-bond donors (Lipinski definition) is 3. The van der Waals surface area contributed by atoms with Gasteiger partial charge in [0.25, 0.3) is 0 Å². The van der Waals surface area contributed by atoms with Gasteiger partial charge in [0.05, 0.1) is 17.4 Å². The lowest BCUT2D eigenvalue weighted by molar-refractivity contribution is 0.475. The summed E-state index contributed by atoms with van der Waals surface area (Å²) in [5.74, 6) is 0.957. The van der Waals surface area contributed by atoms with Crippen molar-refractivity contribution >= 4 is 0 Å². The second-order valence-electron chi connectivity index (χ2n) is 5.87. The summed E-state index contributed by atoms with van der Waals surface area (Å²) in [6, 6.07) is 12.0. The molecular weight excluding hydrogens is 264 g/mol. The van der Waals surface area contributed by atoms with Gasteiger partial charge in [-0.1, -0.05) is 12.1 Å². The van der Waals surface area contributed by atoms with Crippen molar-refractivity contribution in [1.29, 1.82) is 0 Å². The molecule has 1 aromatic heterocycles. The molecule has 3 atom stereocenters. The molecule has 108 valence electrons. The van der Waals surface area contributed by atoms with E-state index in [-0.39, 0.29) is 5.75 Å². The third kappa shape index (κ3) is 2.39. The predicted molar refractivity (Wildman–Crippen MR) is 79.8 cm³/mol. The van der Waals surface area contributed by atoms with Crippen molar-refractivity contribution < 1.29 is 5.11 Å². The lowest BCUT2D eigenvalue weighted by Crippen LogP contribution is -2.30. The van der Waals surface area contributed by atoms with E-state index in [1.165, 1.54) is 0 Å². The molecule has 0 amide bonds. The van der Waals surface area contributed by atoms with E-state index in [4.69, 9.17) is 0 Å². The fourth-order valence-electron chi connectivity index (χ4n) is 3.36. The molecule has 2 saturated heterocycles. The second-order valence-corrected chi connectivity index (χ2v) is 5.87. The van der Waals surface area contributed by atoms with E-state index in [1.54, 1.807) is 12.1 Å². The summed E-state index contributed by atoms with van der Waals surface area (Å²) < 4.78 is 0. The minimum atomic E-state index is 0.246. The van der Waals surface area contributed by atoms with Crippen LogP contribution in [0.1, 0.15) is 18.2 Å². The molecule has 0 bridgehead atoms. The lowest BCUT2D eigenvalue weighted by Gasteiger charge is -2.12. The zero-order valence-corrected chi connectivity index (χ0v) is 11.7. The van der Waals surface area contributed by atoms with E-state index in [0.29, 0.717) is 18.0 Å². The van der Waals surface area contributed by atoms with Gasteiger partial charge in [-0.15, -0.1) is 0 Å². The third-order valence-electron chi connectivity index (χ3n) is 4.48. The molecule has 3 heterocycles. The van der Waals surface area contributed by atoms with E-state index in [1.807, 2.05) is 24.3 Å². The average Bonchev–Trinajstić information content (AvgIpc) is 3.09. The van der Waals surface area contributed by atoms with Crippen LogP contribution in [-0.2, 0) is 0 Å². The Hall–Kier alpha value is -1.98. The smallest absolute Gasteiger partial charge is 0.116 e. The van der Waals surface area contributed by atoms with Crippen LogP contribution in [0.15, 0.2) is 36.4 Å². The maximum atomic E-state index is 9.53. The Labute approximate surface area is 123 Å². The average molecular weight is 282 g/mol. The van der Waals surface area contributed by atoms with Crippen LogP contribution < -0.4 is 10.6 Å². The number of nitrogens with zero attached hydrogens (tertiary/aromatic N) is 2. The van der Waals surface area contributed by atoms with Gasteiger partial charge < -0.3 is 15.7 Å². The zero-order valence-electron chi connectivity index (χ0n) is 11.7. The Balaban J connectivity index is 1.54. The number of benzene rings is 1. The highest BCUT2D eigenvalue weighted by molar-refractivity contribution is 5.60. The number of phenolic OH excluding ortho intramolecular Hbond substituents is 1. The van der Waals surface area contributed by atoms with Gasteiger partial charge in [0, 0.05) is 18.2 Å². The highest BCUT2D eigenvalue weighted by atomic mass is 16.3. The Morgan fingerprint density at radius 2 is 2.05 bits per heavy atom. The number of fused-ring (bicyclic) bond motifs is 1. The standard InChI is InChI=1S/C16H18N4O/c21-12-3-1-2-10(6-12)13-4-5-14(20-19-13)15-7-11-8-17-9-16(11)18-15/h1-6,11,15-18,21H,7-9H2. The minimum absolute atomic E-state index is 0.246. The minimum Gasteiger partial charge on any atom is -0.508 e. The van der Waals surface area contributed by atoms with Gasteiger partial charge in [-0.2, -0.15) is 10.2 Å². The van der Waals surface area contributed by atoms with Crippen molar-refractivity contribution in [3.05, 3.63) is 42.1 Å². The van der Waals surface area contributed by atoms with Gasteiger partial charge in [-0.05, 0) is 43.1 Å². The van der Waals surface area contributed by atoms with E-state index >= 15 is 0 Å². The molecule has 2 aromatic rings. The first kappa shape index (κ1) is 12.7. The van der Waals surface area contributed by atoms with Gasteiger partial charge in [-0.25, -0.2) is 0 Å². The molecule has 5 nitrogen and oxygen atoms in total. The fraction of sp³-hybridized carbons (Fsp3) is 0.375. The molecule has 5 heteroatoms. The van der Waals surface area contributed by atoms with Crippen molar-refractivity contribution in [3.63, 3.8) is 0 Å². The quantitative estimate of drug-likeness (QED) is 0.778. The molecule has 21 heavy (non-hydrogen) atoms. The number of phenols is 1. The highest BCUT2D eigenvalue weighted by Gasteiger charge is 2.37. The summed E-state index contributed by atoms with van der Waals surface area (Å²) in [4.78, 5) is 0. The number of rotatable bonds is 2. The van der Waals surface area contributed by atoms with Crippen molar-refractivity contribution in [2.24, 2.45) is 5.92 Å². The van der Waals surface area contributed by atoms with Crippen molar-refractivity contribution in [3.8, 4) is 17.0 Å². The van der Waals surface area contributed by atoms with Gasteiger partial charge in [0.2, 0.25) is 0 Å². The monoisotopic (exact) mass is 282 g/mol. The normalized spacial score (nSPS) is 27.7. The molecule has 2 fully saturated rings. The topological polar surface area (TPSA) is 70.1 Å². The van der Waals surface area contributed by atoms with Crippen LogP contribution in [0, 0.1) is 5.92 Å². The SMILES string of the molecule is Oc1cccc(-c2ccc(C3CC4CNCC4N3)nn2)c1. The maximum Gasteiger partial charge on any atom is 0.116 e. The molecule has 3 N–H and O–H groups in total. The van der Waals surface area contributed by atoms with Gasteiger partial charge in [-0.3, -0.25) is 0 Å². The predicted octanol–water partition coefficient (Wildman–Crippen LogP) is 1.47. The Kier molecular flexibility index (Phi) is 3.09. The number of nitrogens with one attached hydrogen (secondary N) is 2. The molecule has 0 aliphatic carbocycles. The van der Waals surface area contributed by atoms with E-state index < -0.39 is 0 Å². The van der Waals surface area contributed by atoms with Crippen LogP contribution in [0.5, 0.6) is 5.75 Å². The van der Waals surface area contributed by atoms with E-state index in [9.17, 15) is 5.11 Å². The summed E-state index contributed by atoms with van der Waals surface area (Å²) in [6.07, 6.45) is 1.12. The van der Waals surface area contributed by atoms with Crippen molar-refractivity contribution in [2.45, 2.75) is 18.5 Å². The maximum absolute atomic E-state index is 9.53. The highest BCUT2D eigenvalue weighted by Crippen LogP contribution is 2.32. The molecule has 0 radical (unpaired) electrons. The summed E-state index contributed by atoms with van der Waals surface area (Å²) in [5.41, 5.74) is 2.68. The molecule has 1 aromatic carbocycles. The first-order valence-corrected chi connectivity index (χ1v) is 7.39. The summed E-state index contributed by atoms with van der Waals surface area (Å²) in [6.45, 7) is 2.15. The van der Waals surface area contributed by atoms with Crippen LogP contribution in [-0.4, -0.2) is 34.4 Å². The number of aromatic nitrogens is 2. The molecule has 0 spiro atoms. The molecule has 2 aliphatic rings. The Morgan fingerprint density at radius 1 is 1.10 bits per heavy atom. The zero-order chi connectivity index (χ0) is 14.2. The van der Waals surface area contributed by atoms with Crippen molar-refractivity contribution in [1.82, 2.24) is 20.8 Å². The Bertz CT molecular complexity index is 631. The van der Waals surface area contributed by atoms with Gasteiger partial charge >= 0.3 is 0 Å². The van der Waals surface area contributed by atoms with Crippen molar-refractivity contribution in [2.75, 3.05) is 13.1 Å². The van der Waals surface area contributed by atoms with Crippen LogP contribution >= 0.6 is 0 Å². The van der Waals surface area contributed by atoms with Crippen LogP contribution in [0.2, 0.25) is 0 Å². The molecule has 0 saturated carbocycles. The van der Waals surface area contributed by atoms with E-state index in [0.717, 1.165) is 36.5 Å². The first-order valence-electron chi connectivity index (χ1n) is 7.39. The summed E-state index contributed by atoms with van der Waals surface area (Å²) >= 11 is 0. The van der Waals surface area contributed by atoms with Gasteiger partial charge in [0.15, 0.2) is 0 Å². The largest absolute Gasteiger partial charge is 0.508 e. The molecule has 3 unspecified atom stereocenters. The number of hydrogen-bond acceptors (Lipinski definition) is 5. The first-order chi connectivity index (χ1) is 10.3. The molecule has 4 rings (SSSR count). The molecule has 2 aliphatic heterocycles. The third-order valence-corrected chi connectivity index (χ3v) is 4.48. The number of aromatic hydroxyl groups is 1. The van der Waals surface area contributed by atoms with E-state index in [2.05, 4.69) is 20.8 Å². The summed E-state index contributed by atoms with van der Waals surface area (Å²) in [7, 11) is 0. The second kappa shape index (κ2) is 5.09. The lowest BCUT2D eigenvalue weighted by atomic mass is 10.0.